The number of piperidine rings is 1. The third-order valence-electron chi connectivity index (χ3n) is 5.69. The molecule has 1 aliphatic rings. The number of carbonyl (C=O) groups excluding carboxylic acids is 1. The van der Waals surface area contributed by atoms with Crippen LogP contribution in [0.25, 0.3) is 10.9 Å². The molecule has 0 radical (unpaired) electrons. The molecule has 1 aromatic carbocycles. The van der Waals surface area contributed by atoms with Gasteiger partial charge in [-0.2, -0.15) is 13.2 Å². The molecule has 0 saturated carbocycles. The van der Waals surface area contributed by atoms with Crippen LogP contribution in [0.5, 0.6) is 0 Å². The summed E-state index contributed by atoms with van der Waals surface area (Å²) in [6.45, 7) is 9.67. The van der Waals surface area contributed by atoms with Gasteiger partial charge < -0.3 is 4.74 Å². The van der Waals surface area contributed by atoms with Crippen LogP contribution in [0.3, 0.4) is 0 Å². The normalized spacial score (nSPS) is 16.9. The average molecular weight is 425 g/mol. The first-order chi connectivity index (χ1) is 13.8. The van der Waals surface area contributed by atoms with E-state index in [0.29, 0.717) is 19.0 Å². The van der Waals surface area contributed by atoms with Crippen LogP contribution < -0.4 is 0 Å². The summed E-state index contributed by atoms with van der Waals surface area (Å²) < 4.78 is 45.0. The molecular formula is C23H31F3N2O2. The van der Waals surface area contributed by atoms with Crippen LogP contribution in [0.4, 0.5) is 18.0 Å². The second kappa shape index (κ2) is 8.25. The Morgan fingerprint density at radius 2 is 1.77 bits per heavy atom. The van der Waals surface area contributed by atoms with Gasteiger partial charge in [0.15, 0.2) is 0 Å². The highest BCUT2D eigenvalue weighted by Crippen LogP contribution is 2.32. The number of fused-ring (bicyclic) bond motifs is 1. The maximum atomic E-state index is 12.7. The molecule has 4 nitrogen and oxygen atoms in total. The molecule has 1 aliphatic heterocycles. The lowest BCUT2D eigenvalue weighted by molar-refractivity contribution is -0.148. The zero-order valence-electron chi connectivity index (χ0n) is 18.4. The Hall–Kier alpha value is -2.02. The monoisotopic (exact) mass is 424 g/mol. The van der Waals surface area contributed by atoms with E-state index in [4.69, 9.17) is 4.74 Å². The molecule has 2 aromatic rings. The number of ether oxygens (including phenoxy) is 1. The molecule has 1 aromatic heterocycles. The first-order valence-corrected chi connectivity index (χ1v) is 10.5. The minimum absolute atomic E-state index is 0.337. The summed E-state index contributed by atoms with van der Waals surface area (Å²) in [5, 5.41) is 1.02. The van der Waals surface area contributed by atoms with Crippen molar-refractivity contribution in [3.8, 4) is 0 Å². The van der Waals surface area contributed by atoms with Gasteiger partial charge in [-0.25, -0.2) is 4.79 Å². The lowest BCUT2D eigenvalue weighted by Crippen LogP contribution is -2.40. The van der Waals surface area contributed by atoms with Gasteiger partial charge in [-0.05, 0) is 95.6 Å². The molecular weight excluding hydrogens is 393 g/mol. The zero-order valence-corrected chi connectivity index (χ0v) is 18.4. The number of alkyl halides is 3. The van der Waals surface area contributed by atoms with Crippen LogP contribution in [-0.2, 0) is 11.2 Å². The summed E-state index contributed by atoms with van der Waals surface area (Å²) in [5.74, 6) is 0.337. The standard InChI is InChI=1S/C23H31F3N2O2/c1-15-12-16(2)20-18(8-11-28(20)21(29)30-22(3,4)5)19(15)13-17-6-9-27(10-7-17)14-23(24,25)26/h8,11-12,17H,6-7,9-10,13-14H2,1-5H3. The van der Waals surface area contributed by atoms with Gasteiger partial charge in [-0.3, -0.25) is 9.47 Å². The van der Waals surface area contributed by atoms with E-state index in [1.165, 1.54) is 10.5 Å². The predicted octanol–water partition coefficient (Wildman–Crippen LogP) is 5.86. The number of halogens is 3. The molecule has 166 valence electrons. The fourth-order valence-electron chi connectivity index (χ4n) is 4.40. The summed E-state index contributed by atoms with van der Waals surface area (Å²) in [5.41, 5.74) is 3.59. The quantitative estimate of drug-likeness (QED) is 0.619. The largest absolute Gasteiger partial charge is 0.443 e. The van der Waals surface area contributed by atoms with Gasteiger partial charge in [-0.1, -0.05) is 6.07 Å². The van der Waals surface area contributed by atoms with Crippen LogP contribution in [0, 0.1) is 19.8 Å². The van der Waals surface area contributed by atoms with E-state index < -0.39 is 24.4 Å². The lowest BCUT2D eigenvalue weighted by Gasteiger charge is -2.32. The average Bonchev–Trinajstić information content (AvgIpc) is 3.03. The molecule has 0 aliphatic carbocycles. The highest BCUT2D eigenvalue weighted by Gasteiger charge is 2.32. The first-order valence-electron chi connectivity index (χ1n) is 10.5. The summed E-state index contributed by atoms with van der Waals surface area (Å²) >= 11 is 0. The SMILES string of the molecule is Cc1cc(C)c2c(ccn2C(=O)OC(C)(C)C)c1CC1CCN(CC(F)(F)F)CC1. The van der Waals surface area contributed by atoms with E-state index >= 15 is 0 Å². The highest BCUT2D eigenvalue weighted by molar-refractivity contribution is 5.94. The summed E-state index contributed by atoms with van der Waals surface area (Å²) in [6.07, 6.45) is -0.496. The molecule has 2 heterocycles. The van der Waals surface area contributed by atoms with Crippen molar-refractivity contribution >= 4 is 17.0 Å². The van der Waals surface area contributed by atoms with Gasteiger partial charge in [0.1, 0.15) is 5.60 Å². The highest BCUT2D eigenvalue weighted by atomic mass is 19.4. The third-order valence-corrected chi connectivity index (χ3v) is 5.69. The van der Waals surface area contributed by atoms with Crippen molar-refractivity contribution < 1.29 is 22.7 Å². The minimum Gasteiger partial charge on any atom is -0.443 e. The fourth-order valence-corrected chi connectivity index (χ4v) is 4.40. The first kappa shape index (κ1) is 22.7. The van der Waals surface area contributed by atoms with Gasteiger partial charge in [0.25, 0.3) is 0 Å². The van der Waals surface area contributed by atoms with Crippen LogP contribution in [0.1, 0.15) is 50.3 Å². The Bertz CT molecular complexity index is 917. The molecule has 0 spiro atoms. The Labute approximate surface area is 176 Å². The molecule has 0 atom stereocenters. The van der Waals surface area contributed by atoms with E-state index in [9.17, 15) is 18.0 Å². The molecule has 1 fully saturated rings. The van der Waals surface area contributed by atoms with Crippen molar-refractivity contribution in [2.45, 2.75) is 65.7 Å². The van der Waals surface area contributed by atoms with Gasteiger partial charge in [0.2, 0.25) is 0 Å². The fraction of sp³-hybridized carbons (Fsp3) is 0.609. The Morgan fingerprint density at radius 1 is 1.13 bits per heavy atom. The van der Waals surface area contributed by atoms with E-state index in [1.54, 1.807) is 10.8 Å². The van der Waals surface area contributed by atoms with Crippen LogP contribution in [0.2, 0.25) is 0 Å². The van der Waals surface area contributed by atoms with E-state index in [-0.39, 0.29) is 0 Å². The lowest BCUT2D eigenvalue weighted by atomic mass is 9.86. The number of likely N-dealkylation sites (tertiary alicyclic amines) is 1. The number of benzene rings is 1. The number of hydrogen-bond acceptors (Lipinski definition) is 3. The maximum Gasteiger partial charge on any atom is 0.418 e. The number of rotatable bonds is 3. The zero-order chi connectivity index (χ0) is 22.3. The molecule has 0 unspecified atom stereocenters. The van der Waals surface area contributed by atoms with Crippen molar-refractivity contribution in [1.82, 2.24) is 9.47 Å². The molecule has 0 amide bonds. The predicted molar refractivity (Wildman–Crippen MR) is 112 cm³/mol. The molecule has 7 heteroatoms. The van der Waals surface area contributed by atoms with Gasteiger partial charge in [0.05, 0.1) is 12.1 Å². The topological polar surface area (TPSA) is 34.5 Å². The molecule has 0 N–H and O–H groups in total. The summed E-state index contributed by atoms with van der Waals surface area (Å²) in [7, 11) is 0. The second-order valence-corrected chi connectivity index (χ2v) is 9.46. The smallest absolute Gasteiger partial charge is 0.418 e. The molecule has 0 bridgehead atoms. The number of carbonyl (C=O) groups is 1. The van der Waals surface area contributed by atoms with Gasteiger partial charge in [0, 0.05) is 11.6 Å². The number of aryl methyl sites for hydroxylation is 2. The van der Waals surface area contributed by atoms with Crippen molar-refractivity contribution in [3.63, 3.8) is 0 Å². The van der Waals surface area contributed by atoms with Gasteiger partial charge >= 0.3 is 12.3 Å². The van der Waals surface area contributed by atoms with Crippen LogP contribution in [-0.4, -0.2) is 47.0 Å². The summed E-state index contributed by atoms with van der Waals surface area (Å²) in [6, 6.07) is 4.03. The molecule has 1 saturated heterocycles. The maximum absolute atomic E-state index is 12.7. The Kier molecular flexibility index (Phi) is 6.23. The van der Waals surface area contributed by atoms with E-state index in [1.807, 2.05) is 33.8 Å². The second-order valence-electron chi connectivity index (χ2n) is 9.46. The molecule has 30 heavy (non-hydrogen) atoms. The number of aromatic nitrogens is 1. The Morgan fingerprint density at radius 3 is 2.33 bits per heavy atom. The van der Waals surface area contributed by atoms with Crippen LogP contribution >= 0.6 is 0 Å². The third kappa shape index (κ3) is 5.36. The van der Waals surface area contributed by atoms with Crippen molar-refractivity contribution in [2.75, 3.05) is 19.6 Å². The van der Waals surface area contributed by atoms with E-state index in [0.717, 1.165) is 41.3 Å². The Balaban J connectivity index is 1.81. The van der Waals surface area contributed by atoms with E-state index in [2.05, 4.69) is 13.0 Å². The van der Waals surface area contributed by atoms with Crippen molar-refractivity contribution in [1.29, 1.82) is 0 Å². The minimum atomic E-state index is -4.14. The molecule has 3 rings (SSSR count). The number of nitrogens with zero attached hydrogens (tertiary/aromatic N) is 2. The van der Waals surface area contributed by atoms with Crippen molar-refractivity contribution in [3.05, 3.63) is 35.0 Å². The van der Waals surface area contributed by atoms with Crippen molar-refractivity contribution in [2.24, 2.45) is 5.92 Å². The van der Waals surface area contributed by atoms with Crippen LogP contribution in [0.15, 0.2) is 18.3 Å². The number of hydrogen-bond donors (Lipinski definition) is 0. The van der Waals surface area contributed by atoms with Gasteiger partial charge in [-0.15, -0.1) is 0 Å². The summed E-state index contributed by atoms with van der Waals surface area (Å²) in [4.78, 5) is 14.2.